The minimum Gasteiger partial charge on any atom is -0.454 e. The predicted molar refractivity (Wildman–Crippen MR) is 102 cm³/mol. The number of nitrogens with zero attached hydrogens (tertiary/aromatic N) is 3. The number of ether oxygens (including phenoxy) is 2. The molecule has 2 aromatic rings. The van der Waals surface area contributed by atoms with Crippen LogP contribution in [0.25, 0.3) is 0 Å². The van der Waals surface area contributed by atoms with E-state index < -0.39 is 0 Å². The van der Waals surface area contributed by atoms with E-state index >= 15 is 0 Å². The summed E-state index contributed by atoms with van der Waals surface area (Å²) < 4.78 is 10.8. The minimum absolute atomic E-state index is 0.0993. The largest absolute Gasteiger partial charge is 0.454 e. The van der Waals surface area contributed by atoms with Crippen LogP contribution in [0.2, 0.25) is 0 Å². The molecule has 1 aromatic carbocycles. The molecule has 1 atom stereocenters. The van der Waals surface area contributed by atoms with Crippen LogP contribution in [0.1, 0.15) is 34.6 Å². The Morgan fingerprint density at radius 2 is 2.11 bits per heavy atom. The summed E-state index contributed by atoms with van der Waals surface area (Å²) in [5, 5.41) is 3.22. The van der Waals surface area contributed by atoms with Crippen LogP contribution in [0.3, 0.4) is 0 Å². The third-order valence-corrected chi connectivity index (χ3v) is 6.69. The first kappa shape index (κ1) is 17.0. The highest BCUT2D eigenvalue weighted by molar-refractivity contribution is 7.09. The van der Waals surface area contributed by atoms with Gasteiger partial charge in [0.2, 0.25) is 6.79 Å². The summed E-state index contributed by atoms with van der Waals surface area (Å²) in [7, 11) is 0. The van der Waals surface area contributed by atoms with Crippen LogP contribution in [-0.4, -0.2) is 53.7 Å². The Bertz CT molecular complexity index is 841. The molecule has 5 rings (SSSR count). The van der Waals surface area contributed by atoms with Gasteiger partial charge >= 0.3 is 0 Å². The molecule has 4 heterocycles. The van der Waals surface area contributed by atoms with Gasteiger partial charge in [0.05, 0.1) is 6.54 Å². The van der Waals surface area contributed by atoms with Crippen molar-refractivity contribution in [3.05, 3.63) is 40.3 Å². The maximum atomic E-state index is 13.0. The van der Waals surface area contributed by atoms with Gasteiger partial charge in [-0.1, -0.05) is 0 Å². The molecule has 1 amide bonds. The van der Waals surface area contributed by atoms with E-state index in [0.29, 0.717) is 11.3 Å². The molecule has 0 aliphatic carbocycles. The lowest BCUT2D eigenvalue weighted by Crippen LogP contribution is -2.45. The molecule has 0 unspecified atom stereocenters. The van der Waals surface area contributed by atoms with Crippen molar-refractivity contribution in [2.24, 2.45) is 5.41 Å². The molecule has 0 radical (unpaired) electrons. The van der Waals surface area contributed by atoms with Gasteiger partial charge in [0.15, 0.2) is 11.5 Å². The normalized spacial score (nSPS) is 24.7. The molecule has 6 nitrogen and oxygen atoms in total. The summed E-state index contributed by atoms with van der Waals surface area (Å²) in [5.41, 5.74) is 0.911. The van der Waals surface area contributed by atoms with E-state index in [1.54, 1.807) is 11.3 Å². The molecular formula is C20H23N3O3S. The van der Waals surface area contributed by atoms with Gasteiger partial charge < -0.3 is 14.4 Å². The minimum atomic E-state index is 0.0993. The van der Waals surface area contributed by atoms with Crippen LogP contribution in [-0.2, 0) is 6.54 Å². The van der Waals surface area contributed by atoms with E-state index in [1.165, 1.54) is 17.8 Å². The fourth-order valence-corrected chi connectivity index (χ4v) is 5.28. The molecule has 3 aliphatic heterocycles. The SMILES string of the molecule is O=C(c1ccc2c(c1)OCO2)N1CC[C@@]2(CCCN(Cc3nccs3)C2)C1. The van der Waals surface area contributed by atoms with Crippen molar-refractivity contribution in [1.29, 1.82) is 0 Å². The number of hydrogen-bond donors (Lipinski definition) is 0. The van der Waals surface area contributed by atoms with E-state index in [1.807, 2.05) is 34.7 Å². The van der Waals surface area contributed by atoms with E-state index in [9.17, 15) is 4.79 Å². The standard InChI is InChI=1S/C20H23N3O3S/c24-19(15-2-3-16-17(10-15)26-14-25-16)23-8-5-20(13-23)4-1-7-22(12-20)11-18-21-6-9-27-18/h2-3,6,9-10H,1,4-5,7-8,11-14H2/t20-/m1/s1. The Balaban J connectivity index is 1.26. The first-order valence-electron chi connectivity index (χ1n) is 9.51. The van der Waals surface area contributed by atoms with Gasteiger partial charge in [-0.25, -0.2) is 4.98 Å². The molecule has 3 aliphatic rings. The van der Waals surface area contributed by atoms with Crippen LogP contribution < -0.4 is 9.47 Å². The lowest BCUT2D eigenvalue weighted by Gasteiger charge is -2.40. The molecule has 142 valence electrons. The Hall–Kier alpha value is -2.12. The fraction of sp³-hybridized carbons (Fsp3) is 0.500. The number of thiazole rings is 1. The number of carbonyl (C=O) groups is 1. The van der Waals surface area contributed by atoms with E-state index in [0.717, 1.165) is 44.9 Å². The molecular weight excluding hydrogens is 362 g/mol. The second kappa shape index (κ2) is 6.80. The average Bonchev–Trinajstić information content (AvgIpc) is 3.42. The molecule has 0 bridgehead atoms. The summed E-state index contributed by atoms with van der Waals surface area (Å²) >= 11 is 1.72. The summed E-state index contributed by atoms with van der Waals surface area (Å²) in [6, 6.07) is 5.49. The van der Waals surface area contributed by atoms with E-state index in [-0.39, 0.29) is 18.1 Å². The van der Waals surface area contributed by atoms with Crippen molar-refractivity contribution in [3.63, 3.8) is 0 Å². The average molecular weight is 385 g/mol. The summed E-state index contributed by atoms with van der Waals surface area (Å²) in [6.07, 6.45) is 5.35. The predicted octanol–water partition coefficient (Wildman–Crippen LogP) is 3.00. The molecule has 2 saturated heterocycles. The first-order chi connectivity index (χ1) is 13.2. The van der Waals surface area contributed by atoms with Crippen LogP contribution >= 0.6 is 11.3 Å². The van der Waals surface area contributed by atoms with Gasteiger partial charge in [-0.15, -0.1) is 11.3 Å². The van der Waals surface area contributed by atoms with E-state index in [4.69, 9.17) is 9.47 Å². The molecule has 0 N–H and O–H groups in total. The molecule has 0 saturated carbocycles. The second-order valence-electron chi connectivity index (χ2n) is 7.78. The molecule has 1 spiro atoms. The zero-order valence-electron chi connectivity index (χ0n) is 15.2. The number of hydrogen-bond acceptors (Lipinski definition) is 6. The van der Waals surface area contributed by atoms with Crippen molar-refractivity contribution < 1.29 is 14.3 Å². The molecule has 27 heavy (non-hydrogen) atoms. The number of benzene rings is 1. The van der Waals surface area contributed by atoms with Gasteiger partial charge in [-0.3, -0.25) is 9.69 Å². The number of carbonyl (C=O) groups excluding carboxylic acids is 1. The maximum absolute atomic E-state index is 13.0. The molecule has 7 heteroatoms. The van der Waals surface area contributed by atoms with Gasteiger partial charge in [-0.05, 0) is 44.0 Å². The summed E-state index contributed by atoms with van der Waals surface area (Å²) in [6.45, 7) is 5.01. The number of amides is 1. The second-order valence-corrected chi connectivity index (χ2v) is 8.76. The highest BCUT2D eigenvalue weighted by Crippen LogP contribution is 2.40. The van der Waals surface area contributed by atoms with Gasteiger partial charge in [-0.2, -0.15) is 0 Å². The first-order valence-corrected chi connectivity index (χ1v) is 10.4. The molecule has 1 aromatic heterocycles. The number of piperidine rings is 1. The highest BCUT2D eigenvalue weighted by Gasteiger charge is 2.43. The Morgan fingerprint density at radius 3 is 3.00 bits per heavy atom. The van der Waals surface area contributed by atoms with Crippen LogP contribution in [0.4, 0.5) is 0 Å². The topological polar surface area (TPSA) is 54.9 Å². The number of likely N-dealkylation sites (tertiary alicyclic amines) is 2. The number of fused-ring (bicyclic) bond motifs is 1. The summed E-state index contributed by atoms with van der Waals surface area (Å²) in [4.78, 5) is 22.0. The lowest BCUT2D eigenvalue weighted by atomic mass is 9.79. The Labute approximate surface area is 162 Å². The third-order valence-electron chi connectivity index (χ3n) is 5.93. The molecule has 2 fully saturated rings. The van der Waals surface area contributed by atoms with Gasteiger partial charge in [0.1, 0.15) is 5.01 Å². The maximum Gasteiger partial charge on any atom is 0.254 e. The van der Waals surface area contributed by atoms with Crippen LogP contribution in [0.15, 0.2) is 29.8 Å². The van der Waals surface area contributed by atoms with Gasteiger partial charge in [0, 0.05) is 42.2 Å². The number of aromatic nitrogens is 1. The van der Waals surface area contributed by atoms with Crippen molar-refractivity contribution in [2.45, 2.75) is 25.8 Å². The van der Waals surface area contributed by atoms with Crippen molar-refractivity contribution in [2.75, 3.05) is 33.0 Å². The van der Waals surface area contributed by atoms with Crippen molar-refractivity contribution in [1.82, 2.24) is 14.8 Å². The van der Waals surface area contributed by atoms with E-state index in [2.05, 4.69) is 9.88 Å². The monoisotopic (exact) mass is 385 g/mol. The zero-order chi connectivity index (χ0) is 18.3. The fourth-order valence-electron chi connectivity index (χ4n) is 4.62. The Morgan fingerprint density at radius 1 is 1.19 bits per heavy atom. The van der Waals surface area contributed by atoms with Crippen LogP contribution in [0, 0.1) is 5.41 Å². The summed E-state index contributed by atoms with van der Waals surface area (Å²) in [5.74, 6) is 1.49. The van der Waals surface area contributed by atoms with Crippen LogP contribution in [0.5, 0.6) is 11.5 Å². The number of rotatable bonds is 3. The highest BCUT2D eigenvalue weighted by atomic mass is 32.1. The quantitative estimate of drug-likeness (QED) is 0.813. The van der Waals surface area contributed by atoms with Gasteiger partial charge in [0.25, 0.3) is 5.91 Å². The lowest BCUT2D eigenvalue weighted by molar-refractivity contribution is 0.0675. The zero-order valence-corrected chi connectivity index (χ0v) is 16.0. The third kappa shape index (κ3) is 3.30. The smallest absolute Gasteiger partial charge is 0.254 e. The Kier molecular flexibility index (Phi) is 4.28. The van der Waals surface area contributed by atoms with Crippen molar-refractivity contribution >= 4 is 17.2 Å². The van der Waals surface area contributed by atoms with Crippen molar-refractivity contribution in [3.8, 4) is 11.5 Å².